The van der Waals surface area contributed by atoms with Crippen LogP contribution in [0.2, 0.25) is 0 Å². The Labute approximate surface area is 113 Å². The lowest BCUT2D eigenvalue weighted by Gasteiger charge is -2.15. The predicted octanol–water partition coefficient (Wildman–Crippen LogP) is 4.28. The molecule has 0 saturated carbocycles. The van der Waals surface area contributed by atoms with Crippen molar-refractivity contribution in [2.75, 3.05) is 6.61 Å². The van der Waals surface area contributed by atoms with Crippen molar-refractivity contribution in [3.8, 4) is 5.75 Å². The fourth-order valence-electron chi connectivity index (χ4n) is 1.71. The zero-order valence-electron chi connectivity index (χ0n) is 10.9. The fourth-order valence-corrected chi connectivity index (χ4v) is 2.42. The van der Waals surface area contributed by atoms with Crippen molar-refractivity contribution >= 4 is 15.9 Å². The first-order valence-electron chi connectivity index (χ1n) is 6.26. The van der Waals surface area contributed by atoms with Gasteiger partial charge in [0.2, 0.25) is 0 Å². The maximum Gasteiger partial charge on any atom is 0.120 e. The van der Waals surface area contributed by atoms with Gasteiger partial charge in [-0.25, -0.2) is 0 Å². The molecule has 0 aliphatic carbocycles. The molecule has 0 fully saturated rings. The van der Waals surface area contributed by atoms with Crippen LogP contribution >= 0.6 is 15.9 Å². The molecular weight excluding hydrogens is 278 g/mol. The van der Waals surface area contributed by atoms with E-state index in [9.17, 15) is 0 Å². The van der Waals surface area contributed by atoms with Gasteiger partial charge in [0.15, 0.2) is 0 Å². The van der Waals surface area contributed by atoms with E-state index in [1.54, 1.807) is 0 Å². The van der Waals surface area contributed by atoms with Gasteiger partial charge in [-0.1, -0.05) is 48.7 Å². The summed E-state index contributed by atoms with van der Waals surface area (Å²) in [6.07, 6.45) is 2.32. The molecule has 0 aromatic heterocycles. The Bertz CT molecular complexity index is 348. The van der Waals surface area contributed by atoms with Gasteiger partial charge in [-0.3, -0.25) is 0 Å². The third-order valence-electron chi connectivity index (χ3n) is 3.10. The molecule has 2 nitrogen and oxygen atoms in total. The first-order chi connectivity index (χ1) is 8.08. The number of hydrogen-bond acceptors (Lipinski definition) is 2. The first-order valence-corrected chi connectivity index (χ1v) is 7.05. The molecule has 0 radical (unpaired) electrons. The van der Waals surface area contributed by atoms with Crippen LogP contribution in [0, 0.1) is 5.92 Å². The van der Waals surface area contributed by atoms with E-state index >= 15 is 0 Å². The molecule has 0 amide bonds. The molecule has 96 valence electrons. The van der Waals surface area contributed by atoms with E-state index in [0.717, 1.165) is 35.2 Å². The third kappa shape index (κ3) is 4.32. The topological polar surface area (TPSA) is 35.2 Å². The molecule has 0 saturated heterocycles. The quantitative estimate of drug-likeness (QED) is 0.851. The average Bonchev–Trinajstić information content (AvgIpc) is 2.30. The Hall–Kier alpha value is -0.540. The summed E-state index contributed by atoms with van der Waals surface area (Å²) in [5, 5.41) is 0. The molecule has 1 aromatic rings. The molecule has 0 bridgehead atoms. The van der Waals surface area contributed by atoms with E-state index in [1.165, 1.54) is 0 Å². The Morgan fingerprint density at radius 2 is 1.94 bits per heavy atom. The van der Waals surface area contributed by atoms with E-state index in [1.807, 2.05) is 25.1 Å². The highest BCUT2D eigenvalue weighted by molar-refractivity contribution is 9.10. The first kappa shape index (κ1) is 14.5. The molecule has 1 rings (SSSR count). The van der Waals surface area contributed by atoms with Gasteiger partial charge in [0.25, 0.3) is 0 Å². The molecule has 17 heavy (non-hydrogen) atoms. The van der Waals surface area contributed by atoms with Gasteiger partial charge < -0.3 is 10.5 Å². The molecule has 2 N–H and O–H groups in total. The van der Waals surface area contributed by atoms with Gasteiger partial charge in [-0.15, -0.1) is 0 Å². The standard InChI is InChI=1S/C14H22BrNO/c1-4-11(5-2)9-17-12-6-7-13(10(3)16)14(15)8-12/h6-8,10-11H,4-5,9,16H2,1-3H3. The minimum Gasteiger partial charge on any atom is -0.493 e. The second-order valence-electron chi connectivity index (χ2n) is 4.47. The van der Waals surface area contributed by atoms with Crippen LogP contribution in [0.1, 0.15) is 45.2 Å². The molecule has 0 spiro atoms. The smallest absolute Gasteiger partial charge is 0.120 e. The van der Waals surface area contributed by atoms with Crippen LogP contribution < -0.4 is 10.5 Å². The Kier molecular flexibility index (Phi) is 6.00. The highest BCUT2D eigenvalue weighted by Crippen LogP contribution is 2.27. The number of nitrogens with two attached hydrogens (primary N) is 1. The summed E-state index contributed by atoms with van der Waals surface area (Å²) in [4.78, 5) is 0. The highest BCUT2D eigenvalue weighted by atomic mass is 79.9. The molecule has 3 heteroatoms. The number of hydrogen-bond donors (Lipinski definition) is 1. The van der Waals surface area contributed by atoms with Crippen molar-refractivity contribution in [2.45, 2.75) is 39.7 Å². The number of rotatable bonds is 6. The molecule has 0 aliphatic heterocycles. The van der Waals surface area contributed by atoms with Crippen LogP contribution in [0.25, 0.3) is 0 Å². The summed E-state index contributed by atoms with van der Waals surface area (Å²) in [6, 6.07) is 6.06. The lowest BCUT2D eigenvalue weighted by atomic mass is 10.1. The van der Waals surface area contributed by atoms with Crippen LogP contribution in [0.15, 0.2) is 22.7 Å². The molecule has 0 heterocycles. The minimum absolute atomic E-state index is 0.0393. The summed E-state index contributed by atoms with van der Waals surface area (Å²) in [6.45, 7) is 7.17. The summed E-state index contributed by atoms with van der Waals surface area (Å²) < 4.78 is 6.82. The monoisotopic (exact) mass is 299 g/mol. The van der Waals surface area contributed by atoms with E-state index in [4.69, 9.17) is 10.5 Å². The normalized spacial score (nSPS) is 12.8. The van der Waals surface area contributed by atoms with E-state index < -0.39 is 0 Å². The van der Waals surface area contributed by atoms with Crippen LogP contribution in [0.5, 0.6) is 5.75 Å². The van der Waals surface area contributed by atoms with Crippen molar-refractivity contribution in [3.63, 3.8) is 0 Å². The summed E-state index contributed by atoms with van der Waals surface area (Å²) in [5.41, 5.74) is 6.97. The summed E-state index contributed by atoms with van der Waals surface area (Å²) in [7, 11) is 0. The number of benzene rings is 1. The van der Waals surface area contributed by atoms with Crippen LogP contribution in [0.3, 0.4) is 0 Å². The van der Waals surface area contributed by atoms with Crippen molar-refractivity contribution in [1.82, 2.24) is 0 Å². The molecular formula is C14H22BrNO. The van der Waals surface area contributed by atoms with Gasteiger partial charge in [-0.05, 0) is 30.5 Å². The SMILES string of the molecule is CCC(CC)COc1ccc(C(C)N)c(Br)c1. The van der Waals surface area contributed by atoms with Crippen molar-refractivity contribution in [2.24, 2.45) is 11.7 Å². The van der Waals surface area contributed by atoms with Gasteiger partial charge >= 0.3 is 0 Å². The van der Waals surface area contributed by atoms with Crippen LogP contribution in [-0.2, 0) is 0 Å². The van der Waals surface area contributed by atoms with E-state index in [2.05, 4.69) is 29.8 Å². The minimum atomic E-state index is 0.0393. The van der Waals surface area contributed by atoms with Crippen molar-refractivity contribution in [1.29, 1.82) is 0 Å². The average molecular weight is 300 g/mol. The zero-order chi connectivity index (χ0) is 12.8. The van der Waals surface area contributed by atoms with Gasteiger partial charge in [-0.2, -0.15) is 0 Å². The lowest BCUT2D eigenvalue weighted by molar-refractivity contribution is 0.240. The second kappa shape index (κ2) is 7.02. The zero-order valence-corrected chi connectivity index (χ0v) is 12.5. The van der Waals surface area contributed by atoms with E-state index in [0.29, 0.717) is 5.92 Å². The predicted molar refractivity (Wildman–Crippen MR) is 76.3 cm³/mol. The Balaban J connectivity index is 2.64. The number of halogens is 1. The molecule has 0 aliphatic rings. The maximum atomic E-state index is 5.86. The van der Waals surface area contributed by atoms with Crippen molar-refractivity contribution in [3.05, 3.63) is 28.2 Å². The summed E-state index contributed by atoms with van der Waals surface area (Å²) in [5.74, 6) is 1.55. The molecule has 1 aromatic carbocycles. The number of ether oxygens (including phenoxy) is 1. The lowest BCUT2D eigenvalue weighted by Crippen LogP contribution is -2.10. The van der Waals surface area contributed by atoms with Crippen LogP contribution in [0.4, 0.5) is 0 Å². The fraction of sp³-hybridized carbons (Fsp3) is 0.571. The highest BCUT2D eigenvalue weighted by Gasteiger charge is 2.08. The second-order valence-corrected chi connectivity index (χ2v) is 5.32. The summed E-state index contributed by atoms with van der Waals surface area (Å²) >= 11 is 3.53. The van der Waals surface area contributed by atoms with Crippen LogP contribution in [-0.4, -0.2) is 6.61 Å². The van der Waals surface area contributed by atoms with E-state index in [-0.39, 0.29) is 6.04 Å². The van der Waals surface area contributed by atoms with Gasteiger partial charge in [0.1, 0.15) is 5.75 Å². The van der Waals surface area contributed by atoms with Gasteiger partial charge in [0, 0.05) is 10.5 Å². The molecule has 1 unspecified atom stereocenters. The largest absolute Gasteiger partial charge is 0.493 e. The van der Waals surface area contributed by atoms with Crippen molar-refractivity contribution < 1.29 is 4.74 Å². The Morgan fingerprint density at radius 3 is 2.41 bits per heavy atom. The Morgan fingerprint density at radius 1 is 1.29 bits per heavy atom. The third-order valence-corrected chi connectivity index (χ3v) is 3.79. The maximum absolute atomic E-state index is 5.86. The molecule has 1 atom stereocenters. The van der Waals surface area contributed by atoms with Gasteiger partial charge in [0.05, 0.1) is 6.61 Å².